The molecule has 1 aliphatic rings. The highest BCUT2D eigenvalue weighted by Crippen LogP contribution is 2.13. The summed E-state index contributed by atoms with van der Waals surface area (Å²) in [6, 6.07) is 0. The van der Waals surface area contributed by atoms with Gasteiger partial charge in [0.25, 0.3) is 0 Å². The fourth-order valence-corrected chi connectivity index (χ4v) is 2.72. The van der Waals surface area contributed by atoms with E-state index in [2.05, 4.69) is 11.8 Å². The summed E-state index contributed by atoms with van der Waals surface area (Å²) in [4.78, 5) is 2.22. The molecule has 0 bridgehead atoms. The lowest BCUT2D eigenvalue weighted by atomic mass is 10.2. The van der Waals surface area contributed by atoms with Gasteiger partial charge in [-0.05, 0) is 32.4 Å². The van der Waals surface area contributed by atoms with Crippen LogP contribution < -0.4 is 0 Å². The maximum atomic E-state index is 10.8. The van der Waals surface area contributed by atoms with Gasteiger partial charge >= 0.3 is 0 Å². The highest BCUT2D eigenvalue weighted by molar-refractivity contribution is 8.13. The molecule has 0 radical (unpaired) electrons. The van der Waals surface area contributed by atoms with Gasteiger partial charge in [-0.1, -0.05) is 6.92 Å². The first-order valence-corrected chi connectivity index (χ1v) is 8.25. The van der Waals surface area contributed by atoms with Crippen molar-refractivity contribution < 1.29 is 13.2 Å². The SMILES string of the molecule is CCN(CCCS(=O)(=O)Cl)CC1CCCO1. The van der Waals surface area contributed by atoms with Crippen LogP contribution in [-0.2, 0) is 13.8 Å². The highest BCUT2D eigenvalue weighted by atomic mass is 35.7. The predicted molar refractivity (Wildman–Crippen MR) is 65.3 cm³/mol. The Morgan fingerprint density at radius 1 is 1.50 bits per heavy atom. The normalized spacial score (nSPS) is 21.8. The Hall–Kier alpha value is 0.160. The summed E-state index contributed by atoms with van der Waals surface area (Å²) in [6.45, 7) is 5.52. The van der Waals surface area contributed by atoms with Crippen LogP contribution in [0.3, 0.4) is 0 Å². The van der Waals surface area contributed by atoms with E-state index in [1.54, 1.807) is 0 Å². The number of hydrogen-bond acceptors (Lipinski definition) is 4. The summed E-state index contributed by atoms with van der Waals surface area (Å²) in [7, 11) is 1.82. The zero-order valence-electron chi connectivity index (χ0n) is 9.69. The van der Waals surface area contributed by atoms with Crippen molar-refractivity contribution in [3.8, 4) is 0 Å². The minimum absolute atomic E-state index is 0.0522. The molecule has 4 nitrogen and oxygen atoms in total. The molecule has 0 N–H and O–H groups in total. The number of hydrogen-bond donors (Lipinski definition) is 0. The summed E-state index contributed by atoms with van der Waals surface area (Å²) in [5.41, 5.74) is 0. The maximum absolute atomic E-state index is 10.8. The van der Waals surface area contributed by atoms with Crippen molar-refractivity contribution in [2.45, 2.75) is 32.3 Å². The van der Waals surface area contributed by atoms with E-state index in [0.29, 0.717) is 12.5 Å². The van der Waals surface area contributed by atoms with Gasteiger partial charge in [0.1, 0.15) is 0 Å². The minimum Gasteiger partial charge on any atom is -0.377 e. The Labute approximate surface area is 102 Å². The Bertz CT molecular complexity index is 288. The molecule has 1 fully saturated rings. The van der Waals surface area contributed by atoms with Gasteiger partial charge in [-0.2, -0.15) is 0 Å². The molecule has 0 amide bonds. The second kappa shape index (κ2) is 6.79. The molecule has 1 aliphatic heterocycles. The molecular formula is C10H20ClNO3S. The van der Waals surface area contributed by atoms with Gasteiger partial charge in [0.15, 0.2) is 0 Å². The van der Waals surface area contributed by atoms with Crippen LogP contribution in [0.25, 0.3) is 0 Å². The van der Waals surface area contributed by atoms with E-state index < -0.39 is 9.05 Å². The topological polar surface area (TPSA) is 46.6 Å². The quantitative estimate of drug-likeness (QED) is 0.657. The van der Waals surface area contributed by atoms with Crippen LogP contribution in [-0.4, -0.2) is 51.4 Å². The van der Waals surface area contributed by atoms with Crippen LogP contribution in [0, 0.1) is 0 Å². The monoisotopic (exact) mass is 269 g/mol. The molecule has 0 aromatic rings. The smallest absolute Gasteiger partial charge is 0.232 e. The summed E-state index contributed by atoms with van der Waals surface area (Å²) >= 11 is 0. The molecule has 1 unspecified atom stereocenters. The number of ether oxygens (including phenoxy) is 1. The summed E-state index contributed by atoms with van der Waals surface area (Å²) in [5, 5.41) is 0. The van der Waals surface area contributed by atoms with E-state index in [9.17, 15) is 8.42 Å². The second-order valence-electron chi connectivity index (χ2n) is 4.12. The predicted octanol–water partition coefficient (Wildman–Crippen LogP) is 1.45. The Morgan fingerprint density at radius 3 is 2.75 bits per heavy atom. The van der Waals surface area contributed by atoms with E-state index in [4.69, 9.17) is 15.4 Å². The van der Waals surface area contributed by atoms with Gasteiger partial charge in [0.2, 0.25) is 9.05 Å². The molecule has 96 valence electrons. The summed E-state index contributed by atoms with van der Waals surface area (Å²) < 4.78 is 27.1. The number of likely N-dealkylation sites (N-methyl/N-ethyl adjacent to an activating group) is 1. The van der Waals surface area contributed by atoms with E-state index in [0.717, 1.165) is 39.1 Å². The molecule has 0 spiro atoms. The van der Waals surface area contributed by atoms with E-state index in [1.165, 1.54) is 0 Å². The lowest BCUT2D eigenvalue weighted by Gasteiger charge is -2.23. The Balaban J connectivity index is 2.20. The third-order valence-corrected chi connectivity index (χ3v) is 4.03. The van der Waals surface area contributed by atoms with Crippen LogP contribution in [0.15, 0.2) is 0 Å². The molecule has 6 heteroatoms. The average Bonchev–Trinajstić information content (AvgIpc) is 2.67. The second-order valence-corrected chi connectivity index (χ2v) is 7.02. The van der Waals surface area contributed by atoms with Crippen molar-refractivity contribution >= 4 is 19.7 Å². The van der Waals surface area contributed by atoms with Gasteiger partial charge in [-0.25, -0.2) is 8.42 Å². The lowest BCUT2D eigenvalue weighted by molar-refractivity contribution is 0.0749. The molecule has 1 saturated heterocycles. The summed E-state index contributed by atoms with van der Waals surface area (Å²) in [5.74, 6) is 0.0522. The zero-order chi connectivity index (χ0) is 12.0. The van der Waals surface area contributed by atoms with Gasteiger partial charge in [0.05, 0.1) is 11.9 Å². The number of halogens is 1. The van der Waals surface area contributed by atoms with Crippen LogP contribution in [0.4, 0.5) is 0 Å². The summed E-state index contributed by atoms with van der Waals surface area (Å²) in [6.07, 6.45) is 3.17. The van der Waals surface area contributed by atoms with Gasteiger partial charge in [-0.15, -0.1) is 0 Å². The van der Waals surface area contributed by atoms with Crippen LogP contribution in [0.5, 0.6) is 0 Å². The van der Waals surface area contributed by atoms with Crippen molar-refractivity contribution in [2.24, 2.45) is 0 Å². The average molecular weight is 270 g/mol. The largest absolute Gasteiger partial charge is 0.377 e. The van der Waals surface area contributed by atoms with Crippen molar-refractivity contribution in [1.82, 2.24) is 4.90 Å². The molecule has 1 atom stereocenters. The molecule has 1 heterocycles. The van der Waals surface area contributed by atoms with E-state index >= 15 is 0 Å². The third-order valence-electron chi connectivity index (χ3n) is 2.80. The van der Waals surface area contributed by atoms with Crippen molar-refractivity contribution in [3.05, 3.63) is 0 Å². The molecule has 1 rings (SSSR count). The molecule has 0 aromatic carbocycles. The number of rotatable bonds is 7. The van der Waals surface area contributed by atoms with Gasteiger partial charge in [-0.3, -0.25) is 0 Å². The fraction of sp³-hybridized carbons (Fsp3) is 1.00. The minimum atomic E-state index is -3.34. The Morgan fingerprint density at radius 2 is 2.25 bits per heavy atom. The first-order valence-electron chi connectivity index (χ1n) is 5.77. The standard InChI is InChI=1S/C10H20ClNO3S/c1-2-12(6-4-8-16(11,13)14)9-10-5-3-7-15-10/h10H,2-9H2,1H3. The lowest BCUT2D eigenvalue weighted by Crippen LogP contribution is -2.33. The van der Waals surface area contributed by atoms with Crippen molar-refractivity contribution in [3.63, 3.8) is 0 Å². The van der Waals surface area contributed by atoms with E-state index in [1.807, 2.05) is 0 Å². The third kappa shape index (κ3) is 6.03. The van der Waals surface area contributed by atoms with Gasteiger partial charge < -0.3 is 9.64 Å². The molecule has 0 aliphatic carbocycles. The zero-order valence-corrected chi connectivity index (χ0v) is 11.3. The first kappa shape index (κ1) is 14.2. The fourth-order valence-electron chi connectivity index (χ4n) is 1.92. The van der Waals surface area contributed by atoms with Crippen LogP contribution >= 0.6 is 10.7 Å². The van der Waals surface area contributed by atoms with Crippen molar-refractivity contribution in [1.29, 1.82) is 0 Å². The molecule has 16 heavy (non-hydrogen) atoms. The maximum Gasteiger partial charge on any atom is 0.232 e. The van der Waals surface area contributed by atoms with Crippen molar-refractivity contribution in [2.75, 3.05) is 32.0 Å². The molecule has 0 saturated carbocycles. The first-order chi connectivity index (χ1) is 7.51. The van der Waals surface area contributed by atoms with Gasteiger partial charge in [0, 0.05) is 23.8 Å². The van der Waals surface area contributed by atoms with E-state index in [-0.39, 0.29) is 5.75 Å². The number of nitrogens with zero attached hydrogens (tertiary/aromatic N) is 1. The molecular weight excluding hydrogens is 250 g/mol. The van der Waals surface area contributed by atoms with Crippen LogP contribution in [0.2, 0.25) is 0 Å². The van der Waals surface area contributed by atoms with Crippen LogP contribution in [0.1, 0.15) is 26.2 Å². The molecule has 0 aromatic heterocycles. The Kier molecular flexibility index (Phi) is 6.03. The highest BCUT2D eigenvalue weighted by Gasteiger charge is 2.18.